The van der Waals surface area contributed by atoms with Crippen molar-refractivity contribution in [1.82, 2.24) is 9.88 Å². The fourth-order valence-electron chi connectivity index (χ4n) is 7.12. The van der Waals surface area contributed by atoms with Gasteiger partial charge in [-0.1, -0.05) is 19.1 Å². The number of carbonyl (C=O) groups is 2. The van der Waals surface area contributed by atoms with E-state index in [2.05, 4.69) is 41.2 Å². The van der Waals surface area contributed by atoms with Crippen LogP contribution in [0.5, 0.6) is 0 Å². The summed E-state index contributed by atoms with van der Waals surface area (Å²) in [5.41, 5.74) is 3.15. The predicted octanol–water partition coefficient (Wildman–Crippen LogP) is 0.453. The van der Waals surface area contributed by atoms with Crippen LogP contribution in [-0.2, 0) is 9.59 Å². The van der Waals surface area contributed by atoms with E-state index in [1.807, 2.05) is 0 Å². The van der Waals surface area contributed by atoms with Gasteiger partial charge in [0.15, 0.2) is 0 Å². The third-order valence-corrected chi connectivity index (χ3v) is 8.45. The SMILES string of the molecule is CC(CC(=O)N1C2CC3CC1CC(C(=O)[O-])(C3)C2)c1c[nH]c2cccc(C3CC3)c12.[Na+]. The number of carboxylic acid groups (broad SMARTS) is 1. The zero-order valence-electron chi connectivity index (χ0n) is 18.5. The number of fused-ring (bicyclic) bond motifs is 1. The average Bonchev–Trinajstić information content (AvgIpc) is 3.44. The number of piperidine rings is 2. The van der Waals surface area contributed by atoms with Gasteiger partial charge in [-0.05, 0) is 79.9 Å². The number of nitrogens with one attached hydrogen (secondary N) is 1. The Balaban J connectivity index is 0.00000204. The van der Waals surface area contributed by atoms with Gasteiger partial charge in [0, 0.05) is 47.0 Å². The Bertz CT molecular complexity index is 1030. The molecule has 3 saturated carbocycles. The van der Waals surface area contributed by atoms with Crippen molar-refractivity contribution >= 4 is 22.8 Å². The van der Waals surface area contributed by atoms with Gasteiger partial charge >= 0.3 is 29.6 Å². The molecule has 5 fully saturated rings. The van der Waals surface area contributed by atoms with Crippen molar-refractivity contribution < 1.29 is 44.3 Å². The number of aromatic amines is 1. The van der Waals surface area contributed by atoms with E-state index in [1.54, 1.807) is 0 Å². The summed E-state index contributed by atoms with van der Waals surface area (Å²) >= 11 is 0. The molecule has 5 nitrogen and oxygen atoms in total. The summed E-state index contributed by atoms with van der Waals surface area (Å²) in [6, 6.07) is 6.66. The van der Waals surface area contributed by atoms with Gasteiger partial charge in [-0.2, -0.15) is 0 Å². The van der Waals surface area contributed by atoms with E-state index >= 15 is 0 Å². The Kier molecular flexibility index (Phi) is 5.31. The molecule has 5 aliphatic rings. The van der Waals surface area contributed by atoms with E-state index in [1.165, 1.54) is 34.9 Å². The van der Waals surface area contributed by atoms with Crippen LogP contribution in [0.1, 0.15) is 81.3 Å². The van der Waals surface area contributed by atoms with E-state index in [0.717, 1.165) is 19.3 Å². The van der Waals surface area contributed by atoms with Crippen molar-refractivity contribution in [1.29, 1.82) is 0 Å². The average molecular weight is 429 g/mol. The Morgan fingerprint density at radius 3 is 2.55 bits per heavy atom. The van der Waals surface area contributed by atoms with Crippen LogP contribution in [0.15, 0.2) is 24.4 Å². The molecular formula is C25H29N2NaO3. The van der Waals surface area contributed by atoms with Gasteiger partial charge in [0.1, 0.15) is 0 Å². The normalized spacial score (nSPS) is 32.2. The number of aliphatic carboxylic acids is 1. The van der Waals surface area contributed by atoms with Crippen LogP contribution >= 0.6 is 0 Å². The summed E-state index contributed by atoms with van der Waals surface area (Å²) in [5, 5.41) is 13.2. The summed E-state index contributed by atoms with van der Waals surface area (Å²) in [6.07, 6.45) is 8.94. The Morgan fingerprint density at radius 1 is 1.19 bits per heavy atom. The van der Waals surface area contributed by atoms with Gasteiger partial charge in [0.2, 0.25) is 5.91 Å². The molecule has 1 aromatic heterocycles. The Hall–Kier alpha value is -1.30. The molecule has 3 aliphatic carbocycles. The van der Waals surface area contributed by atoms with E-state index in [4.69, 9.17) is 0 Å². The molecule has 3 unspecified atom stereocenters. The minimum Gasteiger partial charge on any atom is -0.550 e. The molecule has 0 spiro atoms. The molecule has 7 rings (SSSR count). The quantitative estimate of drug-likeness (QED) is 0.703. The largest absolute Gasteiger partial charge is 1.00 e. The summed E-state index contributed by atoms with van der Waals surface area (Å²) in [4.78, 5) is 30.8. The first-order valence-electron chi connectivity index (χ1n) is 11.6. The first-order chi connectivity index (χ1) is 14.4. The fraction of sp³-hybridized carbons (Fsp3) is 0.600. The van der Waals surface area contributed by atoms with E-state index in [9.17, 15) is 14.7 Å². The second-order valence-electron chi connectivity index (χ2n) is 10.5. The minimum absolute atomic E-state index is 0. The van der Waals surface area contributed by atoms with Gasteiger partial charge in [-0.3, -0.25) is 4.79 Å². The molecular weight excluding hydrogens is 399 g/mol. The standard InChI is InChI=1S/C25H30N2O3.Na/c1-14(20-13-26-21-4-2-3-19(23(20)21)16-5-6-16)7-22(28)27-17-8-15-9-18(27)12-25(10-15,11-17)24(29)30;/h2-4,13-18,26H,5-12H2,1H3,(H,29,30);/q;+1/p-1. The van der Waals surface area contributed by atoms with Crippen LogP contribution < -0.4 is 34.7 Å². The van der Waals surface area contributed by atoms with Gasteiger partial charge in [-0.25, -0.2) is 0 Å². The molecule has 1 amide bonds. The van der Waals surface area contributed by atoms with Crippen molar-refractivity contribution in [2.45, 2.75) is 82.2 Å². The number of H-pyrrole nitrogens is 1. The summed E-state index contributed by atoms with van der Waals surface area (Å²) < 4.78 is 0. The smallest absolute Gasteiger partial charge is 0.550 e. The Morgan fingerprint density at radius 2 is 1.90 bits per heavy atom. The first-order valence-corrected chi connectivity index (χ1v) is 11.6. The van der Waals surface area contributed by atoms with Crippen molar-refractivity contribution in [3.63, 3.8) is 0 Å². The maximum Gasteiger partial charge on any atom is 1.00 e. The van der Waals surface area contributed by atoms with Crippen molar-refractivity contribution in [2.24, 2.45) is 11.3 Å². The van der Waals surface area contributed by atoms with Crippen molar-refractivity contribution in [3.8, 4) is 0 Å². The van der Waals surface area contributed by atoms with E-state index in [-0.39, 0.29) is 53.5 Å². The second-order valence-corrected chi connectivity index (χ2v) is 10.5. The molecule has 2 saturated heterocycles. The molecule has 3 atom stereocenters. The van der Waals surface area contributed by atoms with Crippen LogP contribution in [-0.4, -0.2) is 33.8 Å². The zero-order valence-corrected chi connectivity index (χ0v) is 20.5. The topological polar surface area (TPSA) is 76.2 Å². The molecule has 31 heavy (non-hydrogen) atoms. The van der Waals surface area contributed by atoms with Crippen LogP contribution in [0.3, 0.4) is 0 Å². The molecule has 2 aromatic rings. The number of nitrogens with zero attached hydrogens (tertiary/aromatic N) is 1. The van der Waals surface area contributed by atoms with Crippen LogP contribution in [0.25, 0.3) is 10.9 Å². The molecule has 4 bridgehead atoms. The van der Waals surface area contributed by atoms with Crippen molar-refractivity contribution in [3.05, 3.63) is 35.5 Å². The summed E-state index contributed by atoms with van der Waals surface area (Å²) in [5.74, 6) is 0.548. The Labute approximate surface area is 205 Å². The molecule has 2 aliphatic heterocycles. The zero-order chi connectivity index (χ0) is 20.6. The number of carboxylic acids is 1. The van der Waals surface area contributed by atoms with Crippen LogP contribution in [0.4, 0.5) is 0 Å². The predicted molar refractivity (Wildman–Crippen MR) is 112 cm³/mol. The molecule has 3 heterocycles. The molecule has 158 valence electrons. The van der Waals surface area contributed by atoms with E-state index in [0.29, 0.717) is 31.1 Å². The van der Waals surface area contributed by atoms with Gasteiger partial charge in [0.05, 0.1) is 0 Å². The number of rotatable bonds is 5. The monoisotopic (exact) mass is 428 g/mol. The first kappa shape index (κ1) is 21.5. The number of aromatic nitrogens is 1. The molecule has 0 radical (unpaired) electrons. The van der Waals surface area contributed by atoms with Gasteiger partial charge in [0.25, 0.3) is 0 Å². The number of hydrogen-bond donors (Lipinski definition) is 1. The number of hydrogen-bond acceptors (Lipinski definition) is 3. The van der Waals surface area contributed by atoms with E-state index < -0.39 is 11.4 Å². The van der Waals surface area contributed by atoms with Crippen LogP contribution in [0.2, 0.25) is 0 Å². The number of amides is 1. The van der Waals surface area contributed by atoms with Gasteiger partial charge in [-0.15, -0.1) is 0 Å². The van der Waals surface area contributed by atoms with Crippen LogP contribution in [0, 0.1) is 11.3 Å². The van der Waals surface area contributed by atoms with Gasteiger partial charge < -0.3 is 19.8 Å². The maximum absolute atomic E-state index is 13.4. The summed E-state index contributed by atoms with van der Waals surface area (Å²) in [6.45, 7) is 2.16. The minimum atomic E-state index is -0.895. The molecule has 6 heteroatoms. The third kappa shape index (κ3) is 3.39. The maximum atomic E-state index is 13.4. The third-order valence-electron chi connectivity index (χ3n) is 8.45. The molecule has 1 aromatic carbocycles. The summed E-state index contributed by atoms with van der Waals surface area (Å²) in [7, 11) is 0. The fourth-order valence-corrected chi connectivity index (χ4v) is 7.12. The van der Waals surface area contributed by atoms with Crippen molar-refractivity contribution in [2.75, 3.05) is 0 Å². The number of carbonyl (C=O) groups excluding carboxylic acids is 2. The number of benzene rings is 1. The molecule has 1 N–H and O–H groups in total. The second kappa shape index (κ2) is 7.64.